The van der Waals surface area contributed by atoms with Crippen LogP contribution in [0, 0.1) is 0 Å². The Morgan fingerprint density at radius 3 is 2.93 bits per heavy atom. The molecular weight excluding hydrogens is 184 g/mol. The molecule has 6 heteroatoms. The van der Waals surface area contributed by atoms with Crippen molar-refractivity contribution in [3.05, 3.63) is 0 Å². The van der Waals surface area contributed by atoms with E-state index in [0.29, 0.717) is 0 Å². The second kappa shape index (κ2) is 4.28. The van der Waals surface area contributed by atoms with E-state index in [1.165, 1.54) is 0 Å². The highest BCUT2D eigenvalue weighted by molar-refractivity contribution is 5.87. The molecule has 1 fully saturated rings. The molecule has 0 aromatic rings. The van der Waals surface area contributed by atoms with Crippen LogP contribution in [-0.4, -0.2) is 47.5 Å². The second-order valence-electron chi connectivity index (χ2n) is 3.51. The molecule has 0 bridgehead atoms. The lowest BCUT2D eigenvalue weighted by molar-refractivity contribution is -0.128. The van der Waals surface area contributed by atoms with Gasteiger partial charge in [-0.1, -0.05) is 5.16 Å². The predicted octanol–water partition coefficient (Wildman–Crippen LogP) is -1.06. The fourth-order valence-corrected chi connectivity index (χ4v) is 1.45. The summed E-state index contributed by atoms with van der Waals surface area (Å²) in [6.07, 6.45) is 0.762. The lowest BCUT2D eigenvalue weighted by Crippen LogP contribution is -2.47. The number of likely N-dealkylation sites (N-methyl/N-ethyl adjacent to an activating group) is 1. The molecule has 14 heavy (non-hydrogen) atoms. The first kappa shape index (κ1) is 10.8. The lowest BCUT2D eigenvalue weighted by Gasteiger charge is -2.17. The Labute approximate surface area is 82.7 Å². The van der Waals surface area contributed by atoms with Crippen molar-refractivity contribution < 1.29 is 10.0 Å². The highest BCUT2D eigenvalue weighted by Crippen LogP contribution is 2.08. The van der Waals surface area contributed by atoms with E-state index in [2.05, 4.69) is 10.5 Å². The van der Waals surface area contributed by atoms with Crippen LogP contribution in [0.2, 0.25) is 0 Å². The smallest absolute Gasteiger partial charge is 0.239 e. The molecule has 0 aromatic carbocycles. The molecule has 6 nitrogen and oxygen atoms in total. The van der Waals surface area contributed by atoms with Crippen LogP contribution in [0.15, 0.2) is 5.16 Å². The maximum absolute atomic E-state index is 11.5. The van der Waals surface area contributed by atoms with Crippen molar-refractivity contribution in [1.29, 1.82) is 0 Å². The van der Waals surface area contributed by atoms with Crippen LogP contribution in [0.3, 0.4) is 0 Å². The third-order valence-corrected chi connectivity index (χ3v) is 2.44. The zero-order valence-corrected chi connectivity index (χ0v) is 8.40. The van der Waals surface area contributed by atoms with Gasteiger partial charge in [-0.05, 0) is 13.3 Å². The van der Waals surface area contributed by atoms with Gasteiger partial charge in [0.15, 0.2) is 5.84 Å². The number of oxime groups is 1. The largest absolute Gasteiger partial charge is 0.409 e. The van der Waals surface area contributed by atoms with Gasteiger partial charge >= 0.3 is 0 Å². The molecule has 80 valence electrons. The van der Waals surface area contributed by atoms with Gasteiger partial charge in [-0.25, -0.2) is 0 Å². The fourth-order valence-electron chi connectivity index (χ4n) is 1.45. The maximum atomic E-state index is 11.5. The van der Waals surface area contributed by atoms with Crippen LogP contribution in [0.1, 0.15) is 13.3 Å². The van der Waals surface area contributed by atoms with Gasteiger partial charge in [-0.3, -0.25) is 10.1 Å². The summed E-state index contributed by atoms with van der Waals surface area (Å²) in [5.74, 6) is 0.148. The van der Waals surface area contributed by atoms with Crippen LogP contribution >= 0.6 is 0 Å². The summed E-state index contributed by atoms with van der Waals surface area (Å²) in [5, 5.41) is 14.3. The van der Waals surface area contributed by atoms with Crippen LogP contribution in [0.4, 0.5) is 0 Å². The van der Waals surface area contributed by atoms with E-state index in [-0.39, 0.29) is 23.8 Å². The second-order valence-corrected chi connectivity index (χ2v) is 3.51. The van der Waals surface area contributed by atoms with Gasteiger partial charge in [0, 0.05) is 13.6 Å². The molecule has 0 aliphatic carbocycles. The average molecular weight is 200 g/mol. The van der Waals surface area contributed by atoms with E-state index < -0.39 is 0 Å². The first-order valence-electron chi connectivity index (χ1n) is 4.54. The van der Waals surface area contributed by atoms with Crippen molar-refractivity contribution in [2.75, 3.05) is 13.6 Å². The van der Waals surface area contributed by atoms with Gasteiger partial charge < -0.3 is 15.8 Å². The van der Waals surface area contributed by atoms with E-state index in [1.54, 1.807) is 18.9 Å². The number of carbonyl (C=O) groups excluding carboxylic acids is 1. The number of nitrogens with two attached hydrogens (primary N) is 1. The van der Waals surface area contributed by atoms with Gasteiger partial charge in [0.1, 0.15) is 0 Å². The third-order valence-electron chi connectivity index (χ3n) is 2.44. The Balaban J connectivity index is 2.49. The number of hydrogen-bond acceptors (Lipinski definition) is 4. The summed E-state index contributed by atoms with van der Waals surface area (Å²) < 4.78 is 0. The van der Waals surface area contributed by atoms with Crippen LogP contribution in [-0.2, 0) is 4.79 Å². The summed E-state index contributed by atoms with van der Waals surface area (Å²) >= 11 is 0. The monoisotopic (exact) mass is 200 g/mol. The first-order chi connectivity index (χ1) is 6.56. The minimum atomic E-state index is -0.291. The normalized spacial score (nSPS) is 25.6. The molecule has 1 saturated heterocycles. The zero-order valence-electron chi connectivity index (χ0n) is 8.40. The average Bonchev–Trinajstić information content (AvgIpc) is 2.48. The maximum Gasteiger partial charge on any atom is 0.239 e. The Bertz CT molecular complexity index is 254. The number of nitrogens with one attached hydrogen (secondary N) is 1. The molecular formula is C8H16N4O2. The molecule has 0 aromatic heterocycles. The van der Waals surface area contributed by atoms with E-state index in [4.69, 9.17) is 10.9 Å². The van der Waals surface area contributed by atoms with Crippen molar-refractivity contribution in [2.45, 2.75) is 25.4 Å². The Morgan fingerprint density at radius 2 is 2.50 bits per heavy atom. The first-order valence-corrected chi connectivity index (χ1v) is 4.54. The minimum Gasteiger partial charge on any atom is -0.409 e. The van der Waals surface area contributed by atoms with E-state index in [1.807, 2.05) is 0 Å². The number of amidine groups is 1. The molecule has 0 saturated carbocycles. The minimum absolute atomic E-state index is 0.0580. The molecule has 1 aliphatic rings. The van der Waals surface area contributed by atoms with Crippen LogP contribution < -0.4 is 11.1 Å². The molecule has 2 unspecified atom stereocenters. The summed E-state index contributed by atoms with van der Waals surface area (Å²) in [5.41, 5.74) is 5.39. The van der Waals surface area contributed by atoms with E-state index in [9.17, 15) is 4.79 Å². The summed E-state index contributed by atoms with van der Waals surface area (Å²) in [4.78, 5) is 13.1. The van der Waals surface area contributed by atoms with Crippen molar-refractivity contribution in [3.8, 4) is 0 Å². The molecule has 1 amide bonds. The number of rotatable bonds is 3. The number of carbonyl (C=O) groups is 1. The van der Waals surface area contributed by atoms with Gasteiger partial charge in [-0.2, -0.15) is 0 Å². The zero-order chi connectivity index (χ0) is 10.7. The molecule has 1 heterocycles. The van der Waals surface area contributed by atoms with Gasteiger partial charge in [0.25, 0.3) is 0 Å². The van der Waals surface area contributed by atoms with Crippen LogP contribution in [0.25, 0.3) is 0 Å². The van der Waals surface area contributed by atoms with Crippen LogP contribution in [0.5, 0.6) is 0 Å². The number of nitrogens with zero attached hydrogens (tertiary/aromatic N) is 2. The number of likely N-dealkylation sites (tertiary alicyclic amines) is 1. The topological polar surface area (TPSA) is 91.0 Å². The standard InChI is InChI=1S/C8H16N4O2/c1-5(7(9)11-14)10-6-3-4-12(2)8(6)13/h5-6,10,14H,3-4H2,1-2H3,(H2,9,11). The Morgan fingerprint density at radius 1 is 1.86 bits per heavy atom. The molecule has 0 spiro atoms. The SMILES string of the molecule is CC(NC1CCN(C)C1=O)C(N)=NO. The molecule has 0 radical (unpaired) electrons. The van der Waals surface area contributed by atoms with Gasteiger partial charge in [-0.15, -0.1) is 0 Å². The quantitative estimate of drug-likeness (QED) is 0.234. The van der Waals surface area contributed by atoms with Gasteiger partial charge in [0.2, 0.25) is 5.91 Å². The van der Waals surface area contributed by atoms with E-state index in [0.717, 1.165) is 13.0 Å². The molecule has 2 atom stereocenters. The summed E-state index contributed by atoms with van der Waals surface area (Å²) in [6.45, 7) is 2.50. The third kappa shape index (κ3) is 2.14. The van der Waals surface area contributed by atoms with Crippen molar-refractivity contribution in [1.82, 2.24) is 10.2 Å². The highest BCUT2D eigenvalue weighted by Gasteiger charge is 2.30. The molecule has 1 aliphatic heterocycles. The lowest BCUT2D eigenvalue weighted by atomic mass is 10.2. The highest BCUT2D eigenvalue weighted by atomic mass is 16.4. The number of hydrogen-bond donors (Lipinski definition) is 3. The fraction of sp³-hybridized carbons (Fsp3) is 0.750. The Kier molecular flexibility index (Phi) is 3.29. The molecule has 4 N–H and O–H groups in total. The van der Waals surface area contributed by atoms with Crippen molar-refractivity contribution in [2.24, 2.45) is 10.9 Å². The predicted molar refractivity (Wildman–Crippen MR) is 52.0 cm³/mol. The van der Waals surface area contributed by atoms with E-state index >= 15 is 0 Å². The van der Waals surface area contributed by atoms with Crippen molar-refractivity contribution >= 4 is 11.7 Å². The number of amides is 1. The summed E-state index contributed by atoms with van der Waals surface area (Å²) in [6, 6.07) is -0.504. The summed E-state index contributed by atoms with van der Waals surface area (Å²) in [7, 11) is 1.76. The van der Waals surface area contributed by atoms with Gasteiger partial charge in [0.05, 0.1) is 12.1 Å². The van der Waals surface area contributed by atoms with Crippen molar-refractivity contribution in [3.63, 3.8) is 0 Å². The molecule has 1 rings (SSSR count). The Hall–Kier alpha value is -1.30.